The van der Waals surface area contributed by atoms with Crippen molar-refractivity contribution in [3.05, 3.63) is 59.7 Å². The van der Waals surface area contributed by atoms with Gasteiger partial charge in [-0.15, -0.1) is 0 Å². The van der Waals surface area contributed by atoms with Crippen LogP contribution in [-0.4, -0.2) is 44.1 Å². The molecule has 1 saturated carbocycles. The van der Waals surface area contributed by atoms with Gasteiger partial charge in [-0.3, -0.25) is 0 Å². The van der Waals surface area contributed by atoms with Gasteiger partial charge < -0.3 is 10.0 Å². The summed E-state index contributed by atoms with van der Waals surface area (Å²) < 4.78 is 28.9. The highest BCUT2D eigenvalue weighted by atomic mass is 32.2. The third-order valence-electron chi connectivity index (χ3n) is 7.04. The van der Waals surface area contributed by atoms with Crippen LogP contribution in [0.2, 0.25) is 0 Å². The van der Waals surface area contributed by atoms with Crippen molar-refractivity contribution in [2.75, 3.05) is 13.6 Å². The molecule has 2 aromatic rings. The monoisotopic (exact) mass is 370 g/mol. The zero-order valence-corrected chi connectivity index (χ0v) is 15.6. The lowest BCUT2D eigenvalue weighted by atomic mass is 9.40. The van der Waals surface area contributed by atoms with Gasteiger partial charge in [-0.2, -0.15) is 0 Å². The lowest BCUT2D eigenvalue weighted by molar-refractivity contribution is -0.210. The minimum absolute atomic E-state index is 0.0573. The van der Waals surface area contributed by atoms with E-state index in [9.17, 15) is 13.5 Å². The second-order valence-electron chi connectivity index (χ2n) is 8.15. The highest BCUT2D eigenvalue weighted by molar-refractivity contribution is 7.89. The number of piperidine rings is 1. The van der Waals surface area contributed by atoms with Crippen LogP contribution in [0.3, 0.4) is 0 Å². The number of nitrogens with zero attached hydrogens (tertiary/aromatic N) is 1. The minimum atomic E-state index is -3.60. The van der Waals surface area contributed by atoms with Gasteiger partial charge in [0.25, 0.3) is 0 Å². The van der Waals surface area contributed by atoms with E-state index in [4.69, 9.17) is 0 Å². The molecule has 1 spiro atoms. The molecule has 26 heavy (non-hydrogen) atoms. The first-order chi connectivity index (χ1) is 12.3. The standard InChI is InChI=1S/C20H22N2O3S/c1-19-16-10-14(23)9-8-13(16)11-20(19)12-22(2)18(20)17(19)21-26(24,25)15-6-4-3-5-7-15/h3-10,17-18,21,23H,11-12H2,1-2H3. The Bertz CT molecular complexity index is 1010. The summed E-state index contributed by atoms with van der Waals surface area (Å²) >= 11 is 0. The molecule has 4 atom stereocenters. The van der Waals surface area contributed by atoms with Gasteiger partial charge in [0.15, 0.2) is 0 Å². The van der Waals surface area contributed by atoms with Crippen LogP contribution in [0, 0.1) is 5.41 Å². The molecule has 3 aliphatic rings. The topological polar surface area (TPSA) is 69.6 Å². The van der Waals surface area contributed by atoms with Gasteiger partial charge in [0.1, 0.15) is 5.75 Å². The molecule has 2 aromatic carbocycles. The first-order valence-corrected chi connectivity index (χ1v) is 10.4. The number of fused-ring (bicyclic) bond motifs is 2. The number of hydrogen-bond acceptors (Lipinski definition) is 4. The highest BCUT2D eigenvalue weighted by Gasteiger charge is 2.79. The van der Waals surface area contributed by atoms with E-state index in [1.165, 1.54) is 5.56 Å². The van der Waals surface area contributed by atoms with E-state index in [0.717, 1.165) is 18.5 Å². The van der Waals surface area contributed by atoms with Gasteiger partial charge in [-0.25, -0.2) is 13.1 Å². The summed E-state index contributed by atoms with van der Waals surface area (Å²) in [5, 5.41) is 10.0. The van der Waals surface area contributed by atoms with E-state index in [-0.39, 0.29) is 33.6 Å². The summed E-state index contributed by atoms with van der Waals surface area (Å²) in [6.45, 7) is 3.10. The number of likely N-dealkylation sites (N-methyl/N-ethyl adjacent to an activating group) is 1. The molecular formula is C20H22N2O3S. The fourth-order valence-corrected chi connectivity index (χ4v) is 7.21. The van der Waals surface area contributed by atoms with Crippen molar-refractivity contribution < 1.29 is 13.5 Å². The SMILES string of the molecule is CN1CC23Cc4ccc(O)cc4C2(C)C(NS(=O)(=O)c2ccccc2)C13. The van der Waals surface area contributed by atoms with Crippen molar-refractivity contribution in [1.82, 2.24) is 9.62 Å². The van der Waals surface area contributed by atoms with Crippen LogP contribution in [0.1, 0.15) is 18.1 Å². The largest absolute Gasteiger partial charge is 0.508 e. The first-order valence-electron chi connectivity index (χ1n) is 8.90. The molecule has 6 heteroatoms. The predicted molar refractivity (Wildman–Crippen MR) is 98.6 cm³/mol. The normalized spacial score (nSPS) is 35.0. The predicted octanol–water partition coefficient (Wildman–Crippen LogP) is 1.87. The lowest BCUT2D eigenvalue weighted by Crippen LogP contribution is -2.89. The number of sulfonamides is 1. The number of rotatable bonds is 3. The highest BCUT2D eigenvalue weighted by Crippen LogP contribution is 2.70. The van der Waals surface area contributed by atoms with Crippen LogP contribution in [-0.2, 0) is 21.9 Å². The van der Waals surface area contributed by atoms with E-state index < -0.39 is 10.0 Å². The lowest BCUT2D eigenvalue weighted by Gasteiger charge is -2.75. The van der Waals surface area contributed by atoms with Gasteiger partial charge in [-0.05, 0) is 48.9 Å². The number of hydrogen-bond donors (Lipinski definition) is 2. The van der Waals surface area contributed by atoms with Crippen LogP contribution in [0.4, 0.5) is 0 Å². The Kier molecular flexibility index (Phi) is 3.06. The van der Waals surface area contributed by atoms with Crippen LogP contribution in [0.25, 0.3) is 0 Å². The summed E-state index contributed by atoms with van der Waals surface area (Å²) in [5.74, 6) is 0.239. The summed E-state index contributed by atoms with van der Waals surface area (Å²) in [4.78, 5) is 2.53. The smallest absolute Gasteiger partial charge is 0.240 e. The number of benzene rings is 2. The van der Waals surface area contributed by atoms with Crippen molar-refractivity contribution >= 4 is 10.0 Å². The second-order valence-corrected chi connectivity index (χ2v) is 9.86. The zero-order valence-electron chi connectivity index (χ0n) is 14.8. The number of phenols is 1. The Labute approximate surface area is 153 Å². The molecule has 2 N–H and O–H groups in total. The molecule has 0 amide bonds. The number of aromatic hydroxyl groups is 1. The van der Waals surface area contributed by atoms with Crippen molar-refractivity contribution in [2.24, 2.45) is 5.41 Å². The van der Waals surface area contributed by atoms with Gasteiger partial charge in [-0.1, -0.05) is 31.2 Å². The van der Waals surface area contributed by atoms with Crippen molar-refractivity contribution in [1.29, 1.82) is 0 Å². The molecule has 0 radical (unpaired) electrons. The number of phenolic OH excluding ortho intramolecular Hbond substituents is 1. The van der Waals surface area contributed by atoms with Crippen LogP contribution >= 0.6 is 0 Å². The minimum Gasteiger partial charge on any atom is -0.508 e. The average Bonchev–Trinajstić information content (AvgIpc) is 2.83. The fourth-order valence-electron chi connectivity index (χ4n) is 5.86. The third kappa shape index (κ3) is 1.75. The van der Waals surface area contributed by atoms with E-state index in [2.05, 4.69) is 23.6 Å². The van der Waals surface area contributed by atoms with Gasteiger partial charge in [0, 0.05) is 29.5 Å². The van der Waals surface area contributed by atoms with Crippen molar-refractivity contribution in [3.63, 3.8) is 0 Å². The van der Waals surface area contributed by atoms with Crippen molar-refractivity contribution in [3.8, 4) is 5.75 Å². The third-order valence-corrected chi connectivity index (χ3v) is 8.50. The molecule has 136 valence electrons. The van der Waals surface area contributed by atoms with Gasteiger partial charge >= 0.3 is 0 Å². The number of nitrogens with one attached hydrogen (secondary N) is 1. The quantitative estimate of drug-likeness (QED) is 0.865. The van der Waals surface area contributed by atoms with E-state index in [0.29, 0.717) is 0 Å². The maximum atomic E-state index is 12.9. The Balaban J connectivity index is 1.58. The molecule has 0 bridgehead atoms. The Hall–Kier alpha value is -1.89. The molecule has 1 heterocycles. The Morgan fingerprint density at radius 2 is 1.92 bits per heavy atom. The van der Waals surface area contributed by atoms with E-state index >= 15 is 0 Å². The summed E-state index contributed by atoms with van der Waals surface area (Å²) in [5.41, 5.74) is 2.06. The molecule has 5 rings (SSSR count). The molecule has 0 aromatic heterocycles. The number of likely N-dealkylation sites (tertiary alicyclic amines) is 1. The summed E-state index contributed by atoms with van der Waals surface area (Å²) in [6.07, 6.45) is 0.942. The zero-order chi connectivity index (χ0) is 18.3. The van der Waals surface area contributed by atoms with Crippen molar-refractivity contribution in [2.45, 2.75) is 35.7 Å². The van der Waals surface area contributed by atoms with Gasteiger partial charge in [0.2, 0.25) is 10.0 Å². The molecule has 1 saturated heterocycles. The maximum Gasteiger partial charge on any atom is 0.240 e. The maximum absolute atomic E-state index is 12.9. The van der Waals surface area contributed by atoms with Crippen LogP contribution in [0.5, 0.6) is 5.75 Å². The molecule has 4 unspecified atom stereocenters. The first kappa shape index (κ1) is 16.3. The molecular weight excluding hydrogens is 348 g/mol. The summed E-state index contributed by atoms with van der Waals surface area (Å²) in [6, 6.07) is 14.0. The van der Waals surface area contributed by atoms with E-state index in [1.807, 2.05) is 18.2 Å². The molecule has 5 nitrogen and oxygen atoms in total. The van der Waals surface area contributed by atoms with Gasteiger partial charge in [0.05, 0.1) is 4.90 Å². The summed E-state index contributed by atoms with van der Waals surface area (Å²) in [7, 11) is -1.54. The Morgan fingerprint density at radius 3 is 2.62 bits per heavy atom. The Morgan fingerprint density at radius 1 is 1.19 bits per heavy atom. The van der Waals surface area contributed by atoms with E-state index in [1.54, 1.807) is 30.3 Å². The average molecular weight is 370 g/mol. The van der Waals surface area contributed by atoms with Crippen LogP contribution in [0.15, 0.2) is 53.4 Å². The van der Waals surface area contributed by atoms with Crippen LogP contribution < -0.4 is 4.72 Å². The molecule has 1 aliphatic heterocycles. The fraction of sp³-hybridized carbons (Fsp3) is 0.400. The second kappa shape index (κ2) is 4.88. The molecule has 2 aliphatic carbocycles. The molecule has 2 fully saturated rings.